The summed E-state index contributed by atoms with van der Waals surface area (Å²) in [5, 5.41) is 3.14. The number of nitrogens with one attached hydrogen (secondary N) is 1. The second-order valence-corrected chi connectivity index (χ2v) is 6.50. The Labute approximate surface area is 122 Å². The molecule has 0 aromatic rings. The zero-order valence-electron chi connectivity index (χ0n) is 13.3. The highest BCUT2D eigenvalue weighted by Crippen LogP contribution is 2.25. The van der Waals surface area contributed by atoms with Gasteiger partial charge in [0.25, 0.3) is 0 Å². The Bertz CT molecular complexity index is 350. The van der Waals surface area contributed by atoms with Crippen molar-refractivity contribution in [2.24, 2.45) is 0 Å². The molecular weight excluding hydrogens is 254 g/mol. The lowest BCUT2D eigenvalue weighted by molar-refractivity contribution is -0.149. The molecule has 0 aromatic heterocycles. The van der Waals surface area contributed by atoms with Gasteiger partial charge in [0, 0.05) is 31.7 Å². The predicted octanol–water partition coefficient (Wildman–Crippen LogP) is 0.696. The van der Waals surface area contributed by atoms with E-state index in [1.165, 1.54) is 32.9 Å². The molecule has 5 heteroatoms. The van der Waals surface area contributed by atoms with Gasteiger partial charge >= 0.3 is 5.97 Å². The minimum absolute atomic E-state index is 0.182. The van der Waals surface area contributed by atoms with E-state index in [0.29, 0.717) is 18.6 Å². The molecule has 3 atom stereocenters. The summed E-state index contributed by atoms with van der Waals surface area (Å²) in [6, 6.07) is 1.15. The molecule has 0 amide bonds. The minimum Gasteiger partial charge on any atom is -0.468 e. The minimum atomic E-state index is -0.625. The SMILES string of the molecule is CNC(C)(CN1CC2CCCCN2CC1C)C(=O)OC. The third kappa shape index (κ3) is 3.15. The van der Waals surface area contributed by atoms with Gasteiger partial charge in [-0.3, -0.25) is 14.6 Å². The van der Waals surface area contributed by atoms with Crippen LogP contribution in [0.2, 0.25) is 0 Å². The lowest BCUT2D eigenvalue weighted by Crippen LogP contribution is -2.64. The summed E-state index contributed by atoms with van der Waals surface area (Å²) < 4.78 is 4.95. The molecule has 3 unspecified atom stereocenters. The maximum atomic E-state index is 12.0. The smallest absolute Gasteiger partial charge is 0.327 e. The number of nitrogens with zero attached hydrogens (tertiary/aromatic N) is 2. The van der Waals surface area contributed by atoms with Crippen LogP contribution in [0.1, 0.15) is 33.1 Å². The Morgan fingerprint density at radius 2 is 2.15 bits per heavy atom. The average Bonchev–Trinajstić information content (AvgIpc) is 2.47. The number of hydrogen-bond acceptors (Lipinski definition) is 5. The van der Waals surface area contributed by atoms with Crippen LogP contribution < -0.4 is 5.32 Å². The topological polar surface area (TPSA) is 44.8 Å². The van der Waals surface area contributed by atoms with Crippen molar-refractivity contribution in [1.82, 2.24) is 15.1 Å². The average molecular weight is 283 g/mol. The number of esters is 1. The van der Waals surface area contributed by atoms with Crippen molar-refractivity contribution in [3.05, 3.63) is 0 Å². The number of carbonyl (C=O) groups is 1. The Hall–Kier alpha value is -0.650. The zero-order chi connectivity index (χ0) is 14.8. The van der Waals surface area contributed by atoms with Gasteiger partial charge in [-0.05, 0) is 40.3 Å². The van der Waals surface area contributed by atoms with Crippen LogP contribution in [-0.2, 0) is 9.53 Å². The number of carbonyl (C=O) groups excluding carboxylic acids is 1. The molecule has 0 saturated carbocycles. The molecule has 2 fully saturated rings. The fourth-order valence-corrected chi connectivity index (χ4v) is 3.51. The van der Waals surface area contributed by atoms with Crippen LogP contribution >= 0.6 is 0 Å². The van der Waals surface area contributed by atoms with E-state index in [-0.39, 0.29) is 5.97 Å². The van der Waals surface area contributed by atoms with E-state index in [1.54, 1.807) is 0 Å². The van der Waals surface area contributed by atoms with Gasteiger partial charge in [-0.2, -0.15) is 0 Å². The molecule has 2 aliphatic heterocycles. The number of likely N-dealkylation sites (N-methyl/N-ethyl adjacent to an activating group) is 1. The third-order valence-corrected chi connectivity index (χ3v) is 5.02. The molecule has 5 nitrogen and oxygen atoms in total. The van der Waals surface area contributed by atoms with Gasteiger partial charge in [0.15, 0.2) is 0 Å². The second-order valence-electron chi connectivity index (χ2n) is 6.50. The highest BCUT2D eigenvalue weighted by atomic mass is 16.5. The molecule has 0 radical (unpaired) electrons. The summed E-state index contributed by atoms with van der Waals surface area (Å²) in [5.74, 6) is -0.182. The molecule has 2 saturated heterocycles. The van der Waals surface area contributed by atoms with Crippen LogP contribution in [0.15, 0.2) is 0 Å². The van der Waals surface area contributed by atoms with Crippen LogP contribution in [0.3, 0.4) is 0 Å². The number of piperazine rings is 1. The van der Waals surface area contributed by atoms with Crippen molar-refractivity contribution < 1.29 is 9.53 Å². The number of piperidine rings is 1. The summed E-state index contributed by atoms with van der Waals surface area (Å²) in [4.78, 5) is 17.1. The summed E-state index contributed by atoms with van der Waals surface area (Å²) in [7, 11) is 3.29. The van der Waals surface area contributed by atoms with E-state index in [4.69, 9.17) is 4.74 Å². The molecule has 0 spiro atoms. The first-order valence-electron chi connectivity index (χ1n) is 7.75. The first-order valence-corrected chi connectivity index (χ1v) is 7.75. The van der Waals surface area contributed by atoms with Gasteiger partial charge in [-0.1, -0.05) is 6.42 Å². The standard InChI is InChI=1S/C15H29N3O2/c1-12-9-17-8-6-5-7-13(17)10-18(12)11-15(2,16-3)14(19)20-4/h12-13,16H,5-11H2,1-4H3. The predicted molar refractivity (Wildman–Crippen MR) is 79.7 cm³/mol. The molecule has 1 N–H and O–H groups in total. The second kappa shape index (κ2) is 6.41. The molecule has 2 heterocycles. The Kier molecular flexibility index (Phi) is 5.04. The van der Waals surface area contributed by atoms with Crippen molar-refractivity contribution >= 4 is 5.97 Å². The van der Waals surface area contributed by atoms with Crippen LogP contribution in [0, 0.1) is 0 Å². The molecule has 116 valence electrons. The molecule has 0 aliphatic carbocycles. The van der Waals surface area contributed by atoms with Crippen LogP contribution in [0.25, 0.3) is 0 Å². The van der Waals surface area contributed by atoms with E-state index < -0.39 is 5.54 Å². The number of hydrogen-bond donors (Lipinski definition) is 1. The maximum absolute atomic E-state index is 12.0. The van der Waals surface area contributed by atoms with Crippen molar-refractivity contribution in [3.8, 4) is 0 Å². The van der Waals surface area contributed by atoms with Gasteiger partial charge in [-0.25, -0.2) is 0 Å². The van der Waals surface area contributed by atoms with Crippen molar-refractivity contribution in [2.45, 2.75) is 50.7 Å². The van der Waals surface area contributed by atoms with E-state index in [1.807, 2.05) is 14.0 Å². The lowest BCUT2D eigenvalue weighted by Gasteiger charge is -2.49. The van der Waals surface area contributed by atoms with Gasteiger partial charge in [0.1, 0.15) is 5.54 Å². The van der Waals surface area contributed by atoms with Crippen LogP contribution in [0.4, 0.5) is 0 Å². The monoisotopic (exact) mass is 283 g/mol. The van der Waals surface area contributed by atoms with Crippen LogP contribution in [-0.4, -0.2) is 73.7 Å². The normalized spacial score (nSPS) is 31.4. The third-order valence-electron chi connectivity index (χ3n) is 5.02. The largest absolute Gasteiger partial charge is 0.468 e. The van der Waals surface area contributed by atoms with Gasteiger partial charge in [0.2, 0.25) is 0 Å². The first kappa shape index (κ1) is 15.7. The van der Waals surface area contributed by atoms with E-state index in [9.17, 15) is 4.79 Å². The molecule has 0 bridgehead atoms. The number of fused-ring (bicyclic) bond motifs is 1. The molecule has 2 rings (SSSR count). The Morgan fingerprint density at radius 3 is 2.80 bits per heavy atom. The quantitative estimate of drug-likeness (QED) is 0.769. The van der Waals surface area contributed by atoms with E-state index in [0.717, 1.165) is 13.1 Å². The Morgan fingerprint density at radius 1 is 1.40 bits per heavy atom. The zero-order valence-corrected chi connectivity index (χ0v) is 13.3. The summed E-state index contributed by atoms with van der Waals surface area (Å²) in [5.41, 5.74) is -0.625. The van der Waals surface area contributed by atoms with Gasteiger partial charge < -0.3 is 10.1 Å². The van der Waals surface area contributed by atoms with Crippen molar-refractivity contribution in [1.29, 1.82) is 0 Å². The molecule has 20 heavy (non-hydrogen) atoms. The highest BCUT2D eigenvalue weighted by Gasteiger charge is 2.40. The molecule has 0 aromatic carbocycles. The summed E-state index contributed by atoms with van der Waals surface area (Å²) in [6.45, 7) is 8.32. The maximum Gasteiger partial charge on any atom is 0.327 e. The number of methoxy groups -OCH3 is 1. The number of rotatable bonds is 4. The molecule has 2 aliphatic rings. The summed E-state index contributed by atoms with van der Waals surface area (Å²) >= 11 is 0. The van der Waals surface area contributed by atoms with E-state index >= 15 is 0 Å². The molecular formula is C15H29N3O2. The first-order chi connectivity index (χ1) is 9.50. The highest BCUT2D eigenvalue weighted by molar-refractivity contribution is 5.80. The Balaban J connectivity index is 2.02. The van der Waals surface area contributed by atoms with Crippen molar-refractivity contribution in [3.63, 3.8) is 0 Å². The number of ether oxygens (including phenoxy) is 1. The van der Waals surface area contributed by atoms with Crippen molar-refractivity contribution in [2.75, 3.05) is 40.3 Å². The fraction of sp³-hybridized carbons (Fsp3) is 0.933. The van der Waals surface area contributed by atoms with Gasteiger partial charge in [-0.15, -0.1) is 0 Å². The van der Waals surface area contributed by atoms with Crippen LogP contribution in [0.5, 0.6) is 0 Å². The van der Waals surface area contributed by atoms with Gasteiger partial charge in [0.05, 0.1) is 7.11 Å². The lowest BCUT2D eigenvalue weighted by atomic mass is 9.94. The van der Waals surface area contributed by atoms with E-state index in [2.05, 4.69) is 22.0 Å². The summed E-state index contributed by atoms with van der Waals surface area (Å²) in [6.07, 6.45) is 3.96. The fourth-order valence-electron chi connectivity index (χ4n) is 3.51.